The van der Waals surface area contributed by atoms with Gasteiger partial charge in [-0.25, -0.2) is 9.78 Å². The van der Waals surface area contributed by atoms with Crippen molar-refractivity contribution in [1.29, 1.82) is 0 Å². The summed E-state index contributed by atoms with van der Waals surface area (Å²) >= 11 is 1.48. The van der Waals surface area contributed by atoms with Crippen molar-refractivity contribution >= 4 is 17.3 Å². The van der Waals surface area contributed by atoms with Crippen molar-refractivity contribution in [2.45, 2.75) is 26.9 Å². The first-order valence-electron chi connectivity index (χ1n) is 5.25. The summed E-state index contributed by atoms with van der Waals surface area (Å²) in [4.78, 5) is 16.1. The van der Waals surface area contributed by atoms with Crippen LogP contribution in [0.25, 0.3) is 0 Å². The van der Waals surface area contributed by atoms with Crippen LogP contribution in [-0.4, -0.2) is 11.0 Å². The van der Waals surface area contributed by atoms with Crippen LogP contribution in [0.1, 0.15) is 39.8 Å². The van der Waals surface area contributed by atoms with E-state index in [1.807, 2.05) is 12.3 Å². The Hall–Kier alpha value is -1.62. The average molecular weight is 251 g/mol. The minimum Gasteiger partial charge on any atom is -0.457 e. The molecule has 2 aromatic heterocycles. The third-order valence-corrected chi connectivity index (χ3v) is 3.44. The van der Waals surface area contributed by atoms with E-state index in [2.05, 4.69) is 4.98 Å². The zero-order valence-corrected chi connectivity index (χ0v) is 10.7. The van der Waals surface area contributed by atoms with Gasteiger partial charge in [0.2, 0.25) is 5.76 Å². The highest BCUT2D eigenvalue weighted by molar-refractivity contribution is 7.09. The Morgan fingerprint density at radius 2 is 2.29 bits per heavy atom. The number of esters is 1. The molecule has 0 aromatic carbocycles. The van der Waals surface area contributed by atoms with Crippen LogP contribution < -0.4 is 0 Å². The van der Waals surface area contributed by atoms with E-state index in [0.717, 1.165) is 16.3 Å². The maximum atomic E-state index is 11.8. The highest BCUT2D eigenvalue weighted by Crippen LogP contribution is 2.23. The first-order valence-corrected chi connectivity index (χ1v) is 6.13. The van der Waals surface area contributed by atoms with Crippen LogP contribution in [0.5, 0.6) is 0 Å². The summed E-state index contributed by atoms with van der Waals surface area (Å²) in [6, 6.07) is 1.73. The quantitative estimate of drug-likeness (QED) is 0.785. The van der Waals surface area contributed by atoms with Crippen LogP contribution in [0.15, 0.2) is 22.1 Å². The smallest absolute Gasteiger partial charge is 0.375 e. The minimum atomic E-state index is -0.451. The van der Waals surface area contributed by atoms with E-state index in [1.54, 1.807) is 19.9 Å². The van der Waals surface area contributed by atoms with E-state index < -0.39 is 5.97 Å². The molecule has 0 N–H and O–H groups in total. The molecule has 2 heterocycles. The molecule has 2 rings (SSSR count). The zero-order valence-electron chi connectivity index (χ0n) is 9.89. The fourth-order valence-corrected chi connectivity index (χ4v) is 2.19. The molecule has 5 heteroatoms. The number of ether oxygens (including phenoxy) is 1. The second kappa shape index (κ2) is 4.71. The fraction of sp³-hybridized carbons (Fsp3) is 0.333. The monoisotopic (exact) mass is 251 g/mol. The molecule has 0 aliphatic carbocycles. The van der Waals surface area contributed by atoms with Crippen molar-refractivity contribution in [3.8, 4) is 0 Å². The number of carbonyl (C=O) groups is 1. The summed E-state index contributed by atoms with van der Waals surface area (Å²) in [5.74, 6) is -0.196. The van der Waals surface area contributed by atoms with Gasteiger partial charge in [0.1, 0.15) is 5.01 Å². The summed E-state index contributed by atoms with van der Waals surface area (Å²) in [6.07, 6.45) is 1.12. The van der Waals surface area contributed by atoms with E-state index in [9.17, 15) is 4.79 Å². The van der Waals surface area contributed by atoms with Crippen molar-refractivity contribution in [3.05, 3.63) is 39.7 Å². The third-order valence-electron chi connectivity index (χ3n) is 2.32. The maximum absolute atomic E-state index is 11.8. The molecular formula is C12H13NO3S. The molecule has 0 spiro atoms. The number of aryl methyl sites for hydroxylation is 2. The van der Waals surface area contributed by atoms with Gasteiger partial charge in [0, 0.05) is 16.6 Å². The molecule has 17 heavy (non-hydrogen) atoms. The molecule has 2 aromatic rings. The second-order valence-electron chi connectivity index (χ2n) is 3.81. The van der Waals surface area contributed by atoms with Gasteiger partial charge >= 0.3 is 5.97 Å². The van der Waals surface area contributed by atoms with E-state index in [1.165, 1.54) is 17.6 Å². The molecule has 1 unspecified atom stereocenters. The summed E-state index contributed by atoms with van der Waals surface area (Å²) < 4.78 is 10.4. The van der Waals surface area contributed by atoms with E-state index in [4.69, 9.17) is 9.15 Å². The van der Waals surface area contributed by atoms with Gasteiger partial charge in [0.05, 0.1) is 6.26 Å². The molecule has 0 amide bonds. The number of carbonyl (C=O) groups excluding carboxylic acids is 1. The molecule has 0 saturated carbocycles. The second-order valence-corrected chi connectivity index (χ2v) is 4.70. The first kappa shape index (κ1) is 11.9. The van der Waals surface area contributed by atoms with Gasteiger partial charge < -0.3 is 9.15 Å². The maximum Gasteiger partial charge on any atom is 0.375 e. The van der Waals surface area contributed by atoms with Crippen molar-refractivity contribution in [3.63, 3.8) is 0 Å². The lowest BCUT2D eigenvalue weighted by Crippen LogP contribution is -2.09. The van der Waals surface area contributed by atoms with Gasteiger partial charge in [-0.05, 0) is 26.8 Å². The number of thiazole rings is 1. The molecule has 0 saturated heterocycles. The molecule has 0 radical (unpaired) electrons. The van der Waals surface area contributed by atoms with Crippen LogP contribution in [-0.2, 0) is 4.74 Å². The molecule has 0 fully saturated rings. The SMILES string of the molecule is Cc1csc(C(C)OC(=O)c2occc2C)n1. The number of furan rings is 1. The Morgan fingerprint density at radius 1 is 1.53 bits per heavy atom. The molecule has 90 valence electrons. The predicted molar refractivity (Wildman–Crippen MR) is 64.1 cm³/mol. The van der Waals surface area contributed by atoms with Crippen molar-refractivity contribution in [2.24, 2.45) is 0 Å². The molecule has 0 aliphatic rings. The summed E-state index contributed by atoms with van der Waals surface area (Å²) in [6.45, 7) is 5.51. The summed E-state index contributed by atoms with van der Waals surface area (Å²) in [7, 11) is 0. The number of aromatic nitrogens is 1. The van der Waals surface area contributed by atoms with Crippen LogP contribution in [0.4, 0.5) is 0 Å². The number of hydrogen-bond acceptors (Lipinski definition) is 5. The molecular weight excluding hydrogens is 238 g/mol. The van der Waals surface area contributed by atoms with Crippen molar-refractivity contribution < 1.29 is 13.9 Å². The van der Waals surface area contributed by atoms with Gasteiger partial charge in [0.15, 0.2) is 6.10 Å². The molecule has 0 bridgehead atoms. The van der Waals surface area contributed by atoms with Gasteiger partial charge in [-0.3, -0.25) is 0 Å². The van der Waals surface area contributed by atoms with Crippen molar-refractivity contribution in [2.75, 3.05) is 0 Å². The first-order chi connectivity index (χ1) is 8.08. The lowest BCUT2D eigenvalue weighted by atomic mass is 10.3. The van der Waals surface area contributed by atoms with E-state index in [-0.39, 0.29) is 11.9 Å². The Labute approximate surface area is 103 Å². The van der Waals surface area contributed by atoms with Crippen LogP contribution in [0.2, 0.25) is 0 Å². The van der Waals surface area contributed by atoms with Crippen LogP contribution in [0.3, 0.4) is 0 Å². The van der Waals surface area contributed by atoms with Crippen LogP contribution in [0, 0.1) is 13.8 Å². The number of hydrogen-bond donors (Lipinski definition) is 0. The predicted octanol–water partition coefficient (Wildman–Crippen LogP) is 3.27. The topological polar surface area (TPSA) is 52.3 Å². The van der Waals surface area contributed by atoms with Gasteiger partial charge in [-0.2, -0.15) is 0 Å². The normalized spacial score (nSPS) is 12.4. The number of rotatable bonds is 3. The largest absolute Gasteiger partial charge is 0.457 e. The molecule has 4 nitrogen and oxygen atoms in total. The third kappa shape index (κ3) is 2.55. The minimum absolute atomic E-state index is 0.255. The zero-order chi connectivity index (χ0) is 12.4. The standard InChI is InChI=1S/C12H13NO3S/c1-7-4-5-15-10(7)12(14)16-9(3)11-13-8(2)6-17-11/h4-6,9H,1-3H3. The number of nitrogens with zero attached hydrogens (tertiary/aromatic N) is 1. The molecule has 0 aliphatic heterocycles. The molecule has 1 atom stereocenters. The van der Waals surface area contributed by atoms with Gasteiger partial charge in [-0.1, -0.05) is 0 Å². The summed E-state index contributed by atoms with van der Waals surface area (Å²) in [5, 5.41) is 2.72. The Morgan fingerprint density at radius 3 is 2.82 bits per heavy atom. The lowest BCUT2D eigenvalue weighted by Gasteiger charge is -2.09. The lowest BCUT2D eigenvalue weighted by molar-refractivity contribution is 0.0299. The average Bonchev–Trinajstić information content (AvgIpc) is 2.86. The van der Waals surface area contributed by atoms with E-state index in [0.29, 0.717) is 0 Å². The van der Waals surface area contributed by atoms with Crippen molar-refractivity contribution in [1.82, 2.24) is 4.98 Å². The Balaban J connectivity index is 2.07. The fourth-order valence-electron chi connectivity index (χ4n) is 1.41. The highest BCUT2D eigenvalue weighted by atomic mass is 32.1. The van der Waals surface area contributed by atoms with Crippen LogP contribution >= 0.6 is 11.3 Å². The Bertz CT molecular complexity index is 529. The Kier molecular flexibility index (Phi) is 3.28. The van der Waals surface area contributed by atoms with Gasteiger partial charge in [0.25, 0.3) is 0 Å². The van der Waals surface area contributed by atoms with Gasteiger partial charge in [-0.15, -0.1) is 11.3 Å². The highest BCUT2D eigenvalue weighted by Gasteiger charge is 2.19. The summed E-state index contributed by atoms with van der Waals surface area (Å²) in [5.41, 5.74) is 1.71. The van der Waals surface area contributed by atoms with E-state index >= 15 is 0 Å².